The van der Waals surface area contributed by atoms with E-state index < -0.39 is 0 Å². The molecule has 146 valence electrons. The second-order valence-electron chi connectivity index (χ2n) is 8.17. The van der Waals surface area contributed by atoms with Crippen LogP contribution in [0.5, 0.6) is 0 Å². The molecule has 2 fully saturated rings. The third-order valence-corrected chi connectivity index (χ3v) is 6.38. The number of likely N-dealkylation sites (tertiary alicyclic amines) is 1. The summed E-state index contributed by atoms with van der Waals surface area (Å²) < 4.78 is 0. The molecule has 3 heterocycles. The Morgan fingerprint density at radius 3 is 2.59 bits per heavy atom. The zero-order valence-corrected chi connectivity index (χ0v) is 16.0. The van der Waals surface area contributed by atoms with Crippen molar-refractivity contribution in [3.05, 3.63) is 27.4 Å². The van der Waals surface area contributed by atoms with E-state index in [2.05, 4.69) is 4.98 Å². The molecular weight excluding hydrogens is 344 g/mol. The van der Waals surface area contributed by atoms with Crippen LogP contribution in [0.3, 0.4) is 0 Å². The standard InChI is InChI=1S/C20H28N4O3/c1-13(25)23-10-8-16-17(12-23)21-18(22-19(16)26)15-7-9-24(11-15)20(27)14-5-3-2-4-6-14/h14-15H,2-12H2,1H3,(H,21,22,26). The molecule has 4 rings (SSSR count). The first-order valence-corrected chi connectivity index (χ1v) is 10.2. The summed E-state index contributed by atoms with van der Waals surface area (Å²) in [4.78, 5) is 48.3. The van der Waals surface area contributed by atoms with E-state index in [9.17, 15) is 14.4 Å². The van der Waals surface area contributed by atoms with Gasteiger partial charge in [0.2, 0.25) is 11.8 Å². The van der Waals surface area contributed by atoms with E-state index in [1.54, 1.807) is 11.8 Å². The van der Waals surface area contributed by atoms with Crippen LogP contribution < -0.4 is 5.56 Å². The van der Waals surface area contributed by atoms with Gasteiger partial charge in [0.1, 0.15) is 5.82 Å². The molecule has 0 spiro atoms. The van der Waals surface area contributed by atoms with Crippen LogP contribution in [0.2, 0.25) is 0 Å². The Kier molecular flexibility index (Phi) is 5.02. The maximum atomic E-state index is 12.8. The van der Waals surface area contributed by atoms with Crippen molar-refractivity contribution in [2.75, 3.05) is 19.6 Å². The maximum absolute atomic E-state index is 12.8. The van der Waals surface area contributed by atoms with E-state index in [0.29, 0.717) is 43.1 Å². The SMILES string of the molecule is CC(=O)N1CCc2c(nc(C3CCN(C(=O)C4CCCCC4)C3)[nH]c2=O)C1. The highest BCUT2D eigenvalue weighted by Gasteiger charge is 2.34. The Morgan fingerprint density at radius 2 is 1.85 bits per heavy atom. The van der Waals surface area contributed by atoms with Crippen LogP contribution in [0.1, 0.15) is 68.4 Å². The molecule has 7 heteroatoms. The van der Waals surface area contributed by atoms with Gasteiger partial charge in [-0.2, -0.15) is 0 Å². The highest BCUT2D eigenvalue weighted by molar-refractivity contribution is 5.79. The number of hydrogen-bond acceptors (Lipinski definition) is 4. The predicted molar refractivity (Wildman–Crippen MR) is 100 cm³/mol. The third-order valence-electron chi connectivity index (χ3n) is 6.38. The number of hydrogen-bond donors (Lipinski definition) is 1. The predicted octanol–water partition coefficient (Wildman–Crippen LogP) is 1.57. The highest BCUT2D eigenvalue weighted by Crippen LogP contribution is 2.30. The first kappa shape index (κ1) is 18.2. The fourth-order valence-corrected chi connectivity index (χ4v) is 4.71. The van der Waals surface area contributed by atoms with Gasteiger partial charge < -0.3 is 14.8 Å². The molecule has 1 saturated heterocycles. The quantitative estimate of drug-likeness (QED) is 0.854. The number of carbonyl (C=O) groups is 2. The molecule has 1 saturated carbocycles. The van der Waals surface area contributed by atoms with Crippen LogP contribution in [0, 0.1) is 5.92 Å². The molecule has 1 atom stereocenters. The number of H-pyrrole nitrogens is 1. The Bertz CT molecular complexity index is 797. The average molecular weight is 372 g/mol. The van der Waals surface area contributed by atoms with E-state index in [1.807, 2.05) is 4.90 Å². The van der Waals surface area contributed by atoms with E-state index >= 15 is 0 Å². The van der Waals surface area contributed by atoms with Crippen LogP contribution >= 0.6 is 0 Å². The van der Waals surface area contributed by atoms with Gasteiger partial charge in [0, 0.05) is 44.0 Å². The van der Waals surface area contributed by atoms with Crippen molar-refractivity contribution >= 4 is 11.8 Å². The first-order chi connectivity index (χ1) is 13.0. The zero-order valence-electron chi connectivity index (χ0n) is 16.0. The van der Waals surface area contributed by atoms with Crippen LogP contribution in [0.15, 0.2) is 4.79 Å². The topological polar surface area (TPSA) is 86.4 Å². The molecule has 1 aromatic rings. The fraction of sp³-hybridized carbons (Fsp3) is 0.700. The summed E-state index contributed by atoms with van der Waals surface area (Å²) in [6.45, 7) is 3.89. The van der Waals surface area contributed by atoms with Crippen molar-refractivity contribution in [3.63, 3.8) is 0 Å². The second-order valence-corrected chi connectivity index (χ2v) is 8.17. The summed E-state index contributed by atoms with van der Waals surface area (Å²) in [7, 11) is 0. The highest BCUT2D eigenvalue weighted by atomic mass is 16.2. The third kappa shape index (κ3) is 3.64. The molecule has 3 aliphatic rings. The summed E-state index contributed by atoms with van der Waals surface area (Å²) in [5.41, 5.74) is 1.33. The summed E-state index contributed by atoms with van der Waals surface area (Å²) in [6, 6.07) is 0. The van der Waals surface area contributed by atoms with Crippen molar-refractivity contribution in [2.45, 2.75) is 64.3 Å². The minimum atomic E-state index is -0.0877. The summed E-state index contributed by atoms with van der Waals surface area (Å²) in [5, 5.41) is 0. The average Bonchev–Trinajstić information content (AvgIpc) is 3.17. The molecule has 27 heavy (non-hydrogen) atoms. The molecule has 0 bridgehead atoms. The number of aromatic amines is 1. The van der Waals surface area contributed by atoms with Crippen molar-refractivity contribution in [3.8, 4) is 0 Å². The van der Waals surface area contributed by atoms with Crippen molar-refractivity contribution < 1.29 is 9.59 Å². The Labute approximate surface area is 159 Å². The number of carbonyl (C=O) groups excluding carboxylic acids is 2. The van der Waals surface area contributed by atoms with E-state index in [1.165, 1.54) is 6.42 Å². The minimum Gasteiger partial charge on any atom is -0.342 e. The van der Waals surface area contributed by atoms with Gasteiger partial charge in [-0.05, 0) is 25.7 Å². The molecule has 2 aliphatic heterocycles. The summed E-state index contributed by atoms with van der Waals surface area (Å²) in [5.74, 6) is 1.21. The number of aromatic nitrogens is 2. The van der Waals surface area contributed by atoms with Gasteiger partial charge in [-0.15, -0.1) is 0 Å². The molecule has 0 aromatic carbocycles. The van der Waals surface area contributed by atoms with E-state index in [-0.39, 0.29) is 29.2 Å². The van der Waals surface area contributed by atoms with Crippen molar-refractivity contribution in [1.29, 1.82) is 0 Å². The van der Waals surface area contributed by atoms with Crippen LogP contribution in [-0.4, -0.2) is 51.2 Å². The maximum Gasteiger partial charge on any atom is 0.254 e. The number of fused-ring (bicyclic) bond motifs is 1. The van der Waals surface area contributed by atoms with Crippen molar-refractivity contribution in [2.24, 2.45) is 5.92 Å². The van der Waals surface area contributed by atoms with Crippen LogP contribution in [0.25, 0.3) is 0 Å². The summed E-state index contributed by atoms with van der Waals surface area (Å²) >= 11 is 0. The van der Waals surface area contributed by atoms with Gasteiger partial charge in [-0.1, -0.05) is 19.3 Å². The number of rotatable bonds is 2. The van der Waals surface area contributed by atoms with E-state index in [0.717, 1.165) is 38.6 Å². The first-order valence-electron chi connectivity index (χ1n) is 10.2. The molecule has 1 aliphatic carbocycles. The largest absolute Gasteiger partial charge is 0.342 e. The molecule has 2 amide bonds. The molecule has 7 nitrogen and oxygen atoms in total. The van der Waals surface area contributed by atoms with Gasteiger partial charge in [0.15, 0.2) is 0 Å². The lowest BCUT2D eigenvalue weighted by Gasteiger charge is -2.27. The second kappa shape index (κ2) is 7.44. The van der Waals surface area contributed by atoms with Crippen LogP contribution in [0.4, 0.5) is 0 Å². The molecule has 1 aromatic heterocycles. The van der Waals surface area contributed by atoms with Gasteiger partial charge in [-0.3, -0.25) is 14.4 Å². The number of amides is 2. The fourth-order valence-electron chi connectivity index (χ4n) is 4.71. The zero-order chi connectivity index (χ0) is 19.0. The lowest BCUT2D eigenvalue weighted by atomic mass is 9.88. The van der Waals surface area contributed by atoms with Gasteiger partial charge >= 0.3 is 0 Å². The smallest absolute Gasteiger partial charge is 0.254 e. The van der Waals surface area contributed by atoms with Crippen LogP contribution in [-0.2, 0) is 22.6 Å². The molecule has 1 N–H and O–H groups in total. The Hall–Kier alpha value is -2.18. The van der Waals surface area contributed by atoms with E-state index in [4.69, 9.17) is 4.98 Å². The number of nitrogens with one attached hydrogen (secondary N) is 1. The summed E-state index contributed by atoms with van der Waals surface area (Å²) in [6.07, 6.45) is 6.94. The van der Waals surface area contributed by atoms with Crippen molar-refractivity contribution in [1.82, 2.24) is 19.8 Å². The molecular formula is C20H28N4O3. The van der Waals surface area contributed by atoms with Gasteiger partial charge in [0.25, 0.3) is 5.56 Å². The monoisotopic (exact) mass is 372 g/mol. The Balaban J connectivity index is 1.49. The Morgan fingerprint density at radius 1 is 1.07 bits per heavy atom. The lowest BCUT2D eigenvalue weighted by molar-refractivity contribution is -0.135. The minimum absolute atomic E-state index is 0.00871. The lowest BCUT2D eigenvalue weighted by Crippen LogP contribution is -2.38. The normalized spacial score (nSPS) is 23.4. The van der Waals surface area contributed by atoms with Gasteiger partial charge in [-0.25, -0.2) is 4.98 Å². The molecule has 0 radical (unpaired) electrons. The van der Waals surface area contributed by atoms with Gasteiger partial charge in [0.05, 0.1) is 12.2 Å². The molecule has 1 unspecified atom stereocenters. The number of nitrogens with zero attached hydrogens (tertiary/aromatic N) is 3.